The second-order valence-corrected chi connectivity index (χ2v) is 4.59. The molecule has 0 bridgehead atoms. The number of fused-ring (bicyclic) bond motifs is 1. The van der Waals surface area contributed by atoms with Crippen LogP contribution in [-0.4, -0.2) is 21.0 Å². The molecule has 4 heteroatoms. The Bertz CT molecular complexity index is 485. The van der Waals surface area contributed by atoms with Crippen molar-refractivity contribution in [2.24, 2.45) is 5.73 Å². The fourth-order valence-corrected chi connectivity index (χ4v) is 1.94. The average Bonchev–Trinajstić information content (AvgIpc) is 2.61. The minimum atomic E-state index is 0.154. The van der Waals surface area contributed by atoms with Crippen LogP contribution in [0.1, 0.15) is 32.4 Å². The Morgan fingerprint density at radius 1 is 1.31 bits per heavy atom. The van der Waals surface area contributed by atoms with Gasteiger partial charge in [0.2, 0.25) is 0 Å². The number of benzene rings is 1. The topological polar surface area (TPSA) is 56.7 Å². The normalized spacial score (nSPS) is 13.6. The maximum absolute atomic E-state index is 5.86. The van der Waals surface area contributed by atoms with Gasteiger partial charge >= 0.3 is 0 Å². The summed E-state index contributed by atoms with van der Waals surface area (Å²) in [5.41, 5.74) is 9.16. The van der Waals surface area contributed by atoms with Gasteiger partial charge in [-0.15, -0.1) is 5.10 Å². The van der Waals surface area contributed by atoms with Gasteiger partial charge in [0.1, 0.15) is 5.52 Å². The van der Waals surface area contributed by atoms with Gasteiger partial charge in [0.25, 0.3) is 0 Å². The summed E-state index contributed by atoms with van der Waals surface area (Å²) in [6, 6.07) is 6.58. The lowest BCUT2D eigenvalue weighted by Crippen LogP contribution is -2.18. The van der Waals surface area contributed by atoms with Crippen molar-refractivity contribution in [3.05, 3.63) is 23.8 Å². The third kappa shape index (κ3) is 1.93. The fraction of sp³-hybridized carbons (Fsp3) is 0.500. The van der Waals surface area contributed by atoms with E-state index in [1.807, 2.05) is 23.7 Å². The van der Waals surface area contributed by atoms with Crippen molar-refractivity contribution >= 4 is 11.0 Å². The van der Waals surface area contributed by atoms with E-state index in [1.165, 1.54) is 5.56 Å². The Kier molecular flexibility index (Phi) is 2.92. The van der Waals surface area contributed by atoms with Crippen molar-refractivity contribution in [1.29, 1.82) is 0 Å². The Hall–Kier alpha value is -1.42. The summed E-state index contributed by atoms with van der Waals surface area (Å²) in [6.45, 7) is 6.23. The fourth-order valence-electron chi connectivity index (χ4n) is 1.94. The summed E-state index contributed by atoms with van der Waals surface area (Å²) >= 11 is 0. The van der Waals surface area contributed by atoms with E-state index < -0.39 is 0 Å². The van der Waals surface area contributed by atoms with Crippen LogP contribution in [0.2, 0.25) is 0 Å². The van der Waals surface area contributed by atoms with Crippen LogP contribution in [-0.2, 0) is 6.42 Å². The molecule has 1 atom stereocenters. The van der Waals surface area contributed by atoms with Crippen molar-refractivity contribution < 1.29 is 0 Å². The molecule has 2 aromatic rings. The summed E-state index contributed by atoms with van der Waals surface area (Å²) in [7, 11) is 0. The molecule has 16 heavy (non-hydrogen) atoms. The van der Waals surface area contributed by atoms with Gasteiger partial charge in [-0.05, 0) is 38.8 Å². The molecule has 1 heterocycles. The van der Waals surface area contributed by atoms with Gasteiger partial charge < -0.3 is 5.73 Å². The van der Waals surface area contributed by atoms with Crippen LogP contribution in [0, 0.1) is 0 Å². The minimum absolute atomic E-state index is 0.154. The van der Waals surface area contributed by atoms with Crippen molar-refractivity contribution in [2.75, 3.05) is 0 Å². The van der Waals surface area contributed by atoms with Crippen LogP contribution < -0.4 is 5.73 Å². The highest BCUT2D eigenvalue weighted by Crippen LogP contribution is 2.20. The zero-order valence-corrected chi connectivity index (χ0v) is 10.0. The number of hydrogen-bond donors (Lipinski definition) is 1. The van der Waals surface area contributed by atoms with E-state index in [4.69, 9.17) is 5.73 Å². The van der Waals surface area contributed by atoms with Gasteiger partial charge in [-0.25, -0.2) is 4.68 Å². The molecular weight excluding hydrogens is 200 g/mol. The number of para-hydroxylation sites is 1. The summed E-state index contributed by atoms with van der Waals surface area (Å²) in [6.07, 6.45) is 0.859. The first-order valence-corrected chi connectivity index (χ1v) is 5.68. The molecule has 1 unspecified atom stereocenters. The summed E-state index contributed by atoms with van der Waals surface area (Å²) in [5.74, 6) is 0. The van der Waals surface area contributed by atoms with Crippen LogP contribution in [0.5, 0.6) is 0 Å². The zero-order valence-electron chi connectivity index (χ0n) is 10.0. The first-order valence-electron chi connectivity index (χ1n) is 5.68. The van der Waals surface area contributed by atoms with Crippen molar-refractivity contribution in [1.82, 2.24) is 15.0 Å². The average molecular weight is 218 g/mol. The van der Waals surface area contributed by atoms with Crippen molar-refractivity contribution in [2.45, 2.75) is 39.3 Å². The highest BCUT2D eigenvalue weighted by Gasteiger charge is 2.12. The minimum Gasteiger partial charge on any atom is -0.328 e. The summed E-state index contributed by atoms with van der Waals surface area (Å²) in [5, 5.41) is 8.37. The molecule has 0 fully saturated rings. The zero-order chi connectivity index (χ0) is 11.7. The van der Waals surface area contributed by atoms with E-state index in [1.54, 1.807) is 0 Å². The Balaban J connectivity index is 2.59. The number of nitrogens with two attached hydrogens (primary N) is 1. The Morgan fingerprint density at radius 3 is 2.69 bits per heavy atom. The highest BCUT2D eigenvalue weighted by molar-refractivity contribution is 5.78. The van der Waals surface area contributed by atoms with E-state index in [9.17, 15) is 0 Å². The monoisotopic (exact) mass is 218 g/mol. The highest BCUT2D eigenvalue weighted by atomic mass is 15.4. The summed E-state index contributed by atoms with van der Waals surface area (Å²) in [4.78, 5) is 0. The van der Waals surface area contributed by atoms with Crippen LogP contribution in [0.4, 0.5) is 0 Å². The van der Waals surface area contributed by atoms with Gasteiger partial charge in [-0.3, -0.25) is 0 Å². The Morgan fingerprint density at radius 2 is 2.06 bits per heavy atom. The first kappa shape index (κ1) is 11.1. The molecule has 2 rings (SSSR count). The van der Waals surface area contributed by atoms with Crippen molar-refractivity contribution in [3.63, 3.8) is 0 Å². The molecule has 1 aromatic carbocycles. The largest absolute Gasteiger partial charge is 0.328 e. The van der Waals surface area contributed by atoms with E-state index >= 15 is 0 Å². The summed E-state index contributed by atoms with van der Waals surface area (Å²) < 4.78 is 1.97. The van der Waals surface area contributed by atoms with Gasteiger partial charge in [0, 0.05) is 12.1 Å². The van der Waals surface area contributed by atoms with Crippen LogP contribution in [0.15, 0.2) is 18.2 Å². The smallest absolute Gasteiger partial charge is 0.113 e. The van der Waals surface area contributed by atoms with Gasteiger partial charge in [-0.1, -0.05) is 17.3 Å². The lowest BCUT2D eigenvalue weighted by atomic mass is 10.1. The quantitative estimate of drug-likeness (QED) is 0.856. The molecular formula is C12H18N4. The van der Waals surface area contributed by atoms with Gasteiger partial charge in [0.05, 0.1) is 5.52 Å². The second kappa shape index (κ2) is 4.22. The van der Waals surface area contributed by atoms with E-state index in [-0.39, 0.29) is 6.04 Å². The molecule has 86 valence electrons. The molecule has 0 spiro atoms. The predicted molar refractivity (Wildman–Crippen MR) is 65.3 cm³/mol. The van der Waals surface area contributed by atoms with Crippen molar-refractivity contribution in [3.8, 4) is 0 Å². The van der Waals surface area contributed by atoms with Crippen LogP contribution >= 0.6 is 0 Å². The van der Waals surface area contributed by atoms with Crippen LogP contribution in [0.25, 0.3) is 11.0 Å². The van der Waals surface area contributed by atoms with E-state index in [0.29, 0.717) is 6.04 Å². The number of rotatable bonds is 3. The maximum atomic E-state index is 5.86. The molecule has 0 amide bonds. The lowest BCUT2D eigenvalue weighted by molar-refractivity contribution is 0.528. The standard InChI is InChI=1S/C12H18N4/c1-8(2)16-12-10(7-9(3)13)5-4-6-11(12)14-15-16/h4-6,8-9H,7,13H2,1-3H3. The molecule has 0 aliphatic carbocycles. The molecule has 4 nitrogen and oxygen atoms in total. The molecule has 0 aliphatic rings. The number of aromatic nitrogens is 3. The number of hydrogen-bond acceptors (Lipinski definition) is 3. The molecule has 1 aromatic heterocycles. The lowest BCUT2D eigenvalue weighted by Gasteiger charge is -2.11. The third-order valence-electron chi connectivity index (χ3n) is 2.61. The predicted octanol–water partition coefficient (Wildman–Crippen LogP) is 1.90. The van der Waals surface area contributed by atoms with E-state index in [0.717, 1.165) is 17.5 Å². The molecule has 2 N–H and O–H groups in total. The molecule has 0 radical (unpaired) electrons. The second-order valence-electron chi connectivity index (χ2n) is 4.59. The molecule has 0 aliphatic heterocycles. The molecule has 0 saturated heterocycles. The van der Waals surface area contributed by atoms with Gasteiger partial charge in [-0.2, -0.15) is 0 Å². The first-order chi connectivity index (χ1) is 7.59. The maximum Gasteiger partial charge on any atom is 0.113 e. The molecule has 0 saturated carbocycles. The SMILES string of the molecule is CC(N)Cc1cccc2nnn(C(C)C)c12. The Labute approximate surface area is 95.4 Å². The number of nitrogens with zero attached hydrogens (tertiary/aromatic N) is 3. The van der Waals surface area contributed by atoms with Crippen LogP contribution in [0.3, 0.4) is 0 Å². The third-order valence-corrected chi connectivity index (χ3v) is 2.61. The van der Waals surface area contributed by atoms with Gasteiger partial charge in [0.15, 0.2) is 0 Å². The van der Waals surface area contributed by atoms with E-state index in [2.05, 4.69) is 30.2 Å².